The molecule has 2 N–H and O–H groups in total. The second-order valence-corrected chi connectivity index (χ2v) is 5.09. The molecule has 0 saturated heterocycles. The smallest absolute Gasteiger partial charge is 0.270 e. The lowest BCUT2D eigenvalue weighted by Crippen LogP contribution is -2.33. The number of hydrogen-bond donors (Lipinski definition) is 1. The van der Waals surface area contributed by atoms with Gasteiger partial charge >= 0.3 is 0 Å². The Balaban J connectivity index is 1.94. The molecular weight excluding hydrogens is 260 g/mol. The fourth-order valence-corrected chi connectivity index (χ4v) is 2.52. The first-order valence-corrected chi connectivity index (χ1v) is 6.46. The summed E-state index contributed by atoms with van der Waals surface area (Å²) >= 11 is 0. The fraction of sp³-hybridized carbons (Fsp3) is 0.385. The Hall–Kier alpha value is -2.28. The van der Waals surface area contributed by atoms with E-state index in [4.69, 9.17) is 10.3 Å². The van der Waals surface area contributed by atoms with Crippen molar-refractivity contribution in [2.24, 2.45) is 5.73 Å². The number of nitro groups is 1. The largest absolute Gasteiger partial charge is 0.337 e. The van der Waals surface area contributed by atoms with Crippen LogP contribution in [-0.4, -0.2) is 15.1 Å². The van der Waals surface area contributed by atoms with Gasteiger partial charge in [-0.05, 0) is 12.8 Å². The molecule has 7 heteroatoms. The third kappa shape index (κ3) is 2.16. The lowest BCUT2D eigenvalue weighted by molar-refractivity contribution is -0.384. The Morgan fingerprint density at radius 2 is 2.10 bits per heavy atom. The van der Waals surface area contributed by atoms with Crippen molar-refractivity contribution in [1.82, 2.24) is 10.1 Å². The normalized spacial score (nSPS) is 17.2. The zero-order valence-electron chi connectivity index (χ0n) is 10.8. The molecule has 1 aromatic heterocycles. The first-order valence-electron chi connectivity index (χ1n) is 6.46. The van der Waals surface area contributed by atoms with E-state index in [9.17, 15) is 10.1 Å². The average molecular weight is 274 g/mol. The molecule has 0 bridgehead atoms. The summed E-state index contributed by atoms with van der Waals surface area (Å²) in [7, 11) is 0. The standard InChI is InChI=1S/C13H14N4O3/c14-13(6-1-2-7-13)12-15-11(16-20-12)9-4-3-5-10(8-9)17(18)19/h3-5,8H,1-2,6-7,14H2. The van der Waals surface area contributed by atoms with Crippen LogP contribution in [0.5, 0.6) is 0 Å². The molecule has 0 aliphatic heterocycles. The molecular formula is C13H14N4O3. The molecule has 3 rings (SSSR count). The molecule has 1 saturated carbocycles. The van der Waals surface area contributed by atoms with Crippen molar-refractivity contribution >= 4 is 5.69 Å². The van der Waals surface area contributed by atoms with Crippen LogP contribution in [0.3, 0.4) is 0 Å². The Morgan fingerprint density at radius 3 is 2.80 bits per heavy atom. The Bertz CT molecular complexity index is 647. The zero-order chi connectivity index (χ0) is 14.2. The molecule has 1 aromatic carbocycles. The lowest BCUT2D eigenvalue weighted by Gasteiger charge is -2.17. The Labute approximate surface area is 114 Å². The minimum absolute atomic E-state index is 0.00261. The van der Waals surface area contributed by atoms with Crippen LogP contribution in [0, 0.1) is 10.1 Å². The molecule has 7 nitrogen and oxygen atoms in total. The molecule has 1 fully saturated rings. The van der Waals surface area contributed by atoms with Crippen molar-refractivity contribution in [3.63, 3.8) is 0 Å². The number of nitro benzene ring substituents is 1. The van der Waals surface area contributed by atoms with Crippen LogP contribution in [0.4, 0.5) is 5.69 Å². The van der Waals surface area contributed by atoms with Gasteiger partial charge in [-0.2, -0.15) is 4.98 Å². The van der Waals surface area contributed by atoms with Crippen molar-refractivity contribution in [2.45, 2.75) is 31.2 Å². The van der Waals surface area contributed by atoms with E-state index in [0.29, 0.717) is 17.3 Å². The summed E-state index contributed by atoms with van der Waals surface area (Å²) in [5.74, 6) is 0.747. The predicted molar refractivity (Wildman–Crippen MR) is 70.7 cm³/mol. The van der Waals surface area contributed by atoms with E-state index in [1.54, 1.807) is 12.1 Å². The lowest BCUT2D eigenvalue weighted by atomic mass is 9.99. The fourth-order valence-electron chi connectivity index (χ4n) is 2.52. The monoisotopic (exact) mass is 274 g/mol. The number of nitrogens with zero attached hydrogens (tertiary/aromatic N) is 3. The van der Waals surface area contributed by atoms with Gasteiger partial charge in [0.05, 0.1) is 10.5 Å². The Morgan fingerprint density at radius 1 is 1.35 bits per heavy atom. The maximum atomic E-state index is 10.8. The molecule has 2 aromatic rings. The van der Waals surface area contributed by atoms with Gasteiger partial charge < -0.3 is 10.3 Å². The van der Waals surface area contributed by atoms with Gasteiger partial charge in [0, 0.05) is 17.7 Å². The summed E-state index contributed by atoms with van der Waals surface area (Å²) in [6.45, 7) is 0. The summed E-state index contributed by atoms with van der Waals surface area (Å²) in [4.78, 5) is 14.6. The van der Waals surface area contributed by atoms with Crippen LogP contribution < -0.4 is 5.73 Å². The van der Waals surface area contributed by atoms with Crippen molar-refractivity contribution in [2.75, 3.05) is 0 Å². The molecule has 0 spiro atoms. The van der Waals surface area contributed by atoms with Crippen molar-refractivity contribution in [3.8, 4) is 11.4 Å². The number of rotatable bonds is 3. The van der Waals surface area contributed by atoms with E-state index in [0.717, 1.165) is 25.7 Å². The van der Waals surface area contributed by atoms with Crippen LogP contribution in [0.2, 0.25) is 0 Å². The van der Waals surface area contributed by atoms with E-state index in [2.05, 4.69) is 10.1 Å². The van der Waals surface area contributed by atoms with Crippen LogP contribution in [0.15, 0.2) is 28.8 Å². The highest BCUT2D eigenvalue weighted by atomic mass is 16.6. The molecule has 1 aliphatic rings. The number of nitrogens with two attached hydrogens (primary N) is 1. The third-order valence-electron chi connectivity index (χ3n) is 3.66. The summed E-state index contributed by atoms with van der Waals surface area (Å²) in [6.07, 6.45) is 3.74. The van der Waals surface area contributed by atoms with E-state index >= 15 is 0 Å². The molecule has 0 radical (unpaired) electrons. The topological polar surface area (TPSA) is 108 Å². The minimum Gasteiger partial charge on any atom is -0.337 e. The highest BCUT2D eigenvalue weighted by Gasteiger charge is 2.36. The average Bonchev–Trinajstić information content (AvgIpc) is 3.08. The Kier molecular flexibility index (Phi) is 2.98. The highest BCUT2D eigenvalue weighted by Crippen LogP contribution is 2.36. The van der Waals surface area contributed by atoms with Gasteiger partial charge in [-0.3, -0.25) is 10.1 Å². The molecule has 104 valence electrons. The van der Waals surface area contributed by atoms with Gasteiger partial charge in [0.1, 0.15) is 0 Å². The highest BCUT2D eigenvalue weighted by molar-refractivity contribution is 5.58. The van der Waals surface area contributed by atoms with Crippen molar-refractivity contribution < 1.29 is 9.45 Å². The second kappa shape index (κ2) is 4.68. The van der Waals surface area contributed by atoms with E-state index < -0.39 is 10.5 Å². The van der Waals surface area contributed by atoms with Gasteiger partial charge in [-0.1, -0.05) is 30.1 Å². The minimum atomic E-state index is -0.550. The maximum Gasteiger partial charge on any atom is 0.270 e. The quantitative estimate of drug-likeness (QED) is 0.679. The van der Waals surface area contributed by atoms with E-state index in [1.807, 2.05) is 0 Å². The zero-order valence-corrected chi connectivity index (χ0v) is 10.8. The van der Waals surface area contributed by atoms with E-state index in [-0.39, 0.29) is 5.69 Å². The van der Waals surface area contributed by atoms with Crippen LogP contribution in [-0.2, 0) is 5.54 Å². The van der Waals surface area contributed by atoms with Gasteiger partial charge in [0.2, 0.25) is 11.7 Å². The van der Waals surface area contributed by atoms with Gasteiger partial charge in [-0.15, -0.1) is 0 Å². The number of non-ortho nitro benzene ring substituents is 1. The number of aromatic nitrogens is 2. The SMILES string of the molecule is NC1(c2nc(-c3cccc([N+](=O)[O-])c3)no2)CCCC1. The molecule has 0 unspecified atom stereocenters. The van der Waals surface area contributed by atoms with Crippen molar-refractivity contribution in [1.29, 1.82) is 0 Å². The summed E-state index contributed by atoms with van der Waals surface area (Å²) < 4.78 is 5.25. The van der Waals surface area contributed by atoms with E-state index in [1.165, 1.54) is 12.1 Å². The third-order valence-corrected chi connectivity index (χ3v) is 3.66. The number of hydrogen-bond acceptors (Lipinski definition) is 6. The van der Waals surface area contributed by atoms with Crippen molar-refractivity contribution in [3.05, 3.63) is 40.3 Å². The number of benzene rings is 1. The van der Waals surface area contributed by atoms with Crippen LogP contribution in [0.25, 0.3) is 11.4 Å². The molecule has 0 atom stereocenters. The van der Waals surface area contributed by atoms with Gasteiger partial charge in [-0.25, -0.2) is 0 Å². The first kappa shape index (κ1) is 12.7. The molecule has 0 amide bonds. The van der Waals surface area contributed by atoms with Gasteiger partial charge in [0.15, 0.2) is 0 Å². The predicted octanol–water partition coefficient (Wildman–Crippen LogP) is 2.37. The summed E-state index contributed by atoms with van der Waals surface area (Å²) in [5, 5.41) is 14.7. The maximum absolute atomic E-state index is 10.8. The first-order chi connectivity index (χ1) is 9.58. The summed E-state index contributed by atoms with van der Waals surface area (Å²) in [6, 6.07) is 6.15. The second-order valence-electron chi connectivity index (χ2n) is 5.09. The molecule has 20 heavy (non-hydrogen) atoms. The summed E-state index contributed by atoms with van der Waals surface area (Å²) in [5.41, 5.74) is 6.24. The van der Waals surface area contributed by atoms with Crippen LogP contribution >= 0.6 is 0 Å². The molecule has 1 aliphatic carbocycles. The van der Waals surface area contributed by atoms with Crippen LogP contribution in [0.1, 0.15) is 31.6 Å². The molecule has 1 heterocycles. The van der Waals surface area contributed by atoms with Gasteiger partial charge in [0.25, 0.3) is 5.69 Å².